The molecule has 0 amide bonds. The van der Waals surface area contributed by atoms with Crippen molar-refractivity contribution in [3.05, 3.63) is 0 Å². The van der Waals surface area contributed by atoms with Crippen molar-refractivity contribution in [1.29, 1.82) is 0 Å². The first kappa shape index (κ1) is 13.8. The topological polar surface area (TPSA) is 49.7 Å². The van der Waals surface area contributed by atoms with Crippen LogP contribution >= 0.6 is 0 Å². The second-order valence-electron chi connectivity index (χ2n) is 7.89. The molecule has 19 heavy (non-hydrogen) atoms. The molecule has 0 aromatic heterocycles. The molecule has 1 spiro atoms. The average Bonchev–Trinajstić information content (AvgIpc) is 2.83. The maximum atomic E-state index is 11.6. The van der Waals surface area contributed by atoms with Crippen molar-refractivity contribution in [3.8, 4) is 0 Å². The van der Waals surface area contributed by atoms with Crippen molar-refractivity contribution in [3.63, 3.8) is 0 Å². The zero-order valence-electron chi connectivity index (χ0n) is 12.7. The van der Waals surface area contributed by atoms with E-state index in [1.165, 1.54) is 0 Å². The lowest BCUT2D eigenvalue weighted by Crippen LogP contribution is -2.62. The Morgan fingerprint density at radius 3 is 2.37 bits per heavy atom. The first-order valence-electron chi connectivity index (χ1n) is 7.67. The van der Waals surface area contributed by atoms with Gasteiger partial charge in [0, 0.05) is 17.9 Å². The highest BCUT2D eigenvalue weighted by Gasteiger charge is 2.81. The quantitative estimate of drug-likeness (QED) is 0.808. The minimum Gasteiger partial charge on any atom is -0.392 e. The molecule has 0 aliphatic heterocycles. The fourth-order valence-corrected chi connectivity index (χ4v) is 6.35. The van der Waals surface area contributed by atoms with E-state index in [0.29, 0.717) is 12.5 Å². The van der Waals surface area contributed by atoms with Crippen LogP contribution in [0, 0.1) is 22.2 Å². The van der Waals surface area contributed by atoms with Gasteiger partial charge >= 0.3 is 0 Å². The van der Waals surface area contributed by atoms with Gasteiger partial charge in [-0.3, -0.25) is 0 Å². The molecule has 3 aliphatic rings. The Hall–Kier alpha value is -0.120. The molecule has 2 bridgehead atoms. The van der Waals surface area contributed by atoms with Crippen LogP contribution in [0.15, 0.2) is 0 Å². The van der Waals surface area contributed by atoms with Gasteiger partial charge in [0.15, 0.2) is 0 Å². The Morgan fingerprint density at radius 2 is 1.84 bits per heavy atom. The Morgan fingerprint density at radius 1 is 1.16 bits per heavy atom. The van der Waals surface area contributed by atoms with E-state index in [1.807, 2.05) is 0 Å². The van der Waals surface area contributed by atoms with Crippen LogP contribution in [-0.4, -0.2) is 35.6 Å². The van der Waals surface area contributed by atoms with Gasteiger partial charge in [-0.25, -0.2) is 0 Å². The van der Waals surface area contributed by atoms with Gasteiger partial charge in [-0.15, -0.1) is 0 Å². The summed E-state index contributed by atoms with van der Waals surface area (Å²) < 4.78 is 5.41. The SMILES string of the molecule is COCC1(O)C2(CCCC2O)C2CCC1(C)C2(C)C. The van der Waals surface area contributed by atoms with Crippen molar-refractivity contribution in [2.75, 3.05) is 13.7 Å². The predicted molar refractivity (Wildman–Crippen MR) is 73.7 cm³/mol. The van der Waals surface area contributed by atoms with Crippen molar-refractivity contribution in [2.24, 2.45) is 22.2 Å². The molecule has 5 unspecified atom stereocenters. The van der Waals surface area contributed by atoms with Crippen LogP contribution in [0.4, 0.5) is 0 Å². The lowest BCUT2D eigenvalue weighted by molar-refractivity contribution is -0.214. The van der Waals surface area contributed by atoms with E-state index >= 15 is 0 Å². The van der Waals surface area contributed by atoms with Gasteiger partial charge in [-0.05, 0) is 37.0 Å². The molecule has 110 valence electrons. The normalized spacial score (nSPS) is 55.3. The van der Waals surface area contributed by atoms with Crippen LogP contribution in [-0.2, 0) is 4.74 Å². The monoisotopic (exact) mass is 268 g/mol. The maximum Gasteiger partial charge on any atom is 0.102 e. The van der Waals surface area contributed by atoms with Crippen LogP contribution in [0.3, 0.4) is 0 Å². The Labute approximate surface area is 116 Å². The van der Waals surface area contributed by atoms with Gasteiger partial charge in [0.2, 0.25) is 0 Å². The Balaban J connectivity index is 2.19. The zero-order chi connectivity index (χ0) is 14.1. The third kappa shape index (κ3) is 1.18. The van der Waals surface area contributed by atoms with Gasteiger partial charge in [-0.1, -0.05) is 27.2 Å². The van der Waals surface area contributed by atoms with Crippen molar-refractivity contribution < 1.29 is 14.9 Å². The standard InChI is InChI=1S/C16H28O3/c1-13(2)11-7-9-14(13,3)16(18,10-19-4)15(11)8-5-6-12(15)17/h11-12,17-18H,5-10H2,1-4H3. The first-order valence-corrected chi connectivity index (χ1v) is 7.67. The number of aliphatic hydroxyl groups is 2. The number of aliphatic hydroxyl groups excluding tert-OH is 1. The average molecular weight is 268 g/mol. The number of rotatable bonds is 2. The van der Waals surface area contributed by atoms with Crippen LogP contribution in [0.1, 0.15) is 52.9 Å². The molecule has 0 aromatic rings. The van der Waals surface area contributed by atoms with Crippen LogP contribution in [0.2, 0.25) is 0 Å². The second kappa shape index (κ2) is 3.75. The first-order chi connectivity index (χ1) is 8.78. The molecule has 3 aliphatic carbocycles. The van der Waals surface area contributed by atoms with Gasteiger partial charge in [-0.2, -0.15) is 0 Å². The van der Waals surface area contributed by atoms with E-state index in [-0.39, 0.29) is 22.3 Å². The molecule has 3 rings (SSSR count). The number of hydrogen-bond donors (Lipinski definition) is 2. The highest BCUT2D eigenvalue weighted by atomic mass is 16.5. The summed E-state index contributed by atoms with van der Waals surface area (Å²) in [4.78, 5) is 0. The Bertz CT molecular complexity index is 393. The molecule has 3 heteroatoms. The molecule has 2 N–H and O–H groups in total. The number of hydrogen-bond acceptors (Lipinski definition) is 3. The molecular weight excluding hydrogens is 240 g/mol. The lowest BCUT2D eigenvalue weighted by Gasteiger charge is -2.53. The molecule has 0 heterocycles. The van der Waals surface area contributed by atoms with Gasteiger partial charge in [0.25, 0.3) is 0 Å². The van der Waals surface area contributed by atoms with Gasteiger partial charge in [0.1, 0.15) is 5.60 Å². The highest BCUT2D eigenvalue weighted by molar-refractivity contribution is 5.29. The van der Waals surface area contributed by atoms with Gasteiger partial charge < -0.3 is 14.9 Å². The molecule has 0 aromatic carbocycles. The highest BCUT2D eigenvalue weighted by Crippen LogP contribution is 2.79. The maximum absolute atomic E-state index is 11.6. The van der Waals surface area contributed by atoms with E-state index in [0.717, 1.165) is 32.1 Å². The lowest BCUT2D eigenvalue weighted by atomic mass is 9.57. The third-order valence-electron chi connectivity index (χ3n) is 7.55. The van der Waals surface area contributed by atoms with Crippen molar-refractivity contribution >= 4 is 0 Å². The summed E-state index contributed by atoms with van der Waals surface area (Å²) in [5, 5.41) is 22.3. The molecule has 3 fully saturated rings. The van der Waals surface area contributed by atoms with E-state index in [4.69, 9.17) is 4.74 Å². The van der Waals surface area contributed by atoms with E-state index in [2.05, 4.69) is 20.8 Å². The molecule has 3 nitrogen and oxygen atoms in total. The van der Waals surface area contributed by atoms with Crippen LogP contribution < -0.4 is 0 Å². The summed E-state index contributed by atoms with van der Waals surface area (Å²) in [6, 6.07) is 0. The van der Waals surface area contributed by atoms with E-state index in [9.17, 15) is 10.2 Å². The third-order valence-corrected chi connectivity index (χ3v) is 7.55. The summed E-state index contributed by atoms with van der Waals surface area (Å²) in [7, 11) is 1.66. The summed E-state index contributed by atoms with van der Waals surface area (Å²) in [6.45, 7) is 7.13. The largest absolute Gasteiger partial charge is 0.392 e. The summed E-state index contributed by atoms with van der Waals surface area (Å²) in [5.41, 5.74) is -1.34. The minimum absolute atomic E-state index is 0.0611. The minimum atomic E-state index is -0.892. The fourth-order valence-electron chi connectivity index (χ4n) is 6.35. The van der Waals surface area contributed by atoms with Crippen LogP contribution in [0.25, 0.3) is 0 Å². The van der Waals surface area contributed by atoms with Crippen LogP contribution in [0.5, 0.6) is 0 Å². The van der Waals surface area contributed by atoms with Crippen molar-refractivity contribution in [2.45, 2.75) is 64.6 Å². The number of ether oxygens (including phenoxy) is 1. The summed E-state index contributed by atoms with van der Waals surface area (Å²) in [5.74, 6) is 0.405. The molecule has 0 radical (unpaired) electrons. The Kier molecular flexibility index (Phi) is 2.73. The van der Waals surface area contributed by atoms with E-state index < -0.39 is 5.60 Å². The predicted octanol–water partition coefficient (Wildman–Crippen LogP) is 2.35. The summed E-state index contributed by atoms with van der Waals surface area (Å²) in [6.07, 6.45) is 4.59. The smallest absolute Gasteiger partial charge is 0.102 e. The fraction of sp³-hybridized carbons (Fsp3) is 1.00. The zero-order valence-corrected chi connectivity index (χ0v) is 12.7. The molecular formula is C16H28O3. The number of fused-ring (bicyclic) bond motifs is 3. The van der Waals surface area contributed by atoms with Crippen molar-refractivity contribution in [1.82, 2.24) is 0 Å². The molecule has 0 saturated heterocycles. The van der Waals surface area contributed by atoms with Gasteiger partial charge in [0.05, 0.1) is 12.7 Å². The number of methoxy groups -OCH3 is 1. The summed E-state index contributed by atoms with van der Waals surface area (Å²) >= 11 is 0. The second-order valence-corrected chi connectivity index (χ2v) is 7.89. The van der Waals surface area contributed by atoms with E-state index in [1.54, 1.807) is 7.11 Å². The molecule has 5 atom stereocenters. The molecule has 3 saturated carbocycles.